The first-order valence-corrected chi connectivity index (χ1v) is 8.41. The van der Waals surface area contributed by atoms with Crippen molar-refractivity contribution >= 4 is 11.6 Å². The lowest BCUT2D eigenvalue weighted by atomic mass is 9.85. The van der Waals surface area contributed by atoms with E-state index >= 15 is 0 Å². The van der Waals surface area contributed by atoms with Gasteiger partial charge < -0.3 is 16.4 Å². The van der Waals surface area contributed by atoms with E-state index in [0.29, 0.717) is 31.5 Å². The summed E-state index contributed by atoms with van der Waals surface area (Å²) in [5.41, 5.74) is 5.82. The van der Waals surface area contributed by atoms with Gasteiger partial charge >= 0.3 is 0 Å². The lowest BCUT2D eigenvalue weighted by Crippen LogP contribution is -2.53. The van der Waals surface area contributed by atoms with Gasteiger partial charge in [0.1, 0.15) is 0 Å². The highest BCUT2D eigenvalue weighted by molar-refractivity contribution is 5.82. The second kappa shape index (κ2) is 8.05. The number of rotatable bonds is 7. The predicted molar refractivity (Wildman–Crippen MR) is 92.6 cm³/mol. The summed E-state index contributed by atoms with van der Waals surface area (Å²) in [6.07, 6.45) is 3.00. The zero-order valence-corrected chi connectivity index (χ0v) is 14.2. The molecule has 0 spiro atoms. The first-order chi connectivity index (χ1) is 11.9. The molecule has 4 N–H and O–H groups in total. The van der Waals surface area contributed by atoms with Crippen LogP contribution >= 0.6 is 0 Å². The molecule has 1 fully saturated rings. The van der Waals surface area contributed by atoms with Crippen LogP contribution in [0.2, 0.25) is 0 Å². The fourth-order valence-corrected chi connectivity index (χ4v) is 3.14. The Labute approximate surface area is 146 Å². The third-order valence-electron chi connectivity index (χ3n) is 4.57. The number of carbonyl (C=O) groups excluding carboxylic acids is 1. The maximum absolute atomic E-state index is 12.5. The summed E-state index contributed by atoms with van der Waals surface area (Å²) < 4.78 is 0. The number of hydrogen-bond donors (Lipinski definition) is 3. The molecule has 0 radical (unpaired) electrons. The molecule has 0 aromatic heterocycles. The highest BCUT2D eigenvalue weighted by Crippen LogP contribution is 2.32. The average Bonchev–Trinajstić information content (AvgIpc) is 3.08. The van der Waals surface area contributed by atoms with E-state index < -0.39 is 16.5 Å². The minimum atomic E-state index is -0.777. The molecule has 2 rings (SSSR count). The summed E-state index contributed by atoms with van der Waals surface area (Å²) in [5, 5.41) is 26.6. The van der Waals surface area contributed by atoms with Crippen molar-refractivity contribution in [2.75, 3.05) is 13.1 Å². The first-order valence-electron chi connectivity index (χ1n) is 8.41. The molecule has 1 aromatic carbocycles. The second-order valence-electron chi connectivity index (χ2n) is 6.35. The topological polar surface area (TPSA) is 134 Å². The molecule has 134 valence electrons. The van der Waals surface area contributed by atoms with Gasteiger partial charge in [-0.05, 0) is 31.0 Å². The Kier molecular flexibility index (Phi) is 6.07. The zero-order chi connectivity index (χ0) is 18.4. The third-order valence-corrected chi connectivity index (χ3v) is 4.57. The molecule has 0 bridgehead atoms. The van der Waals surface area contributed by atoms with Gasteiger partial charge in [-0.3, -0.25) is 14.9 Å². The van der Waals surface area contributed by atoms with Gasteiger partial charge in [-0.25, -0.2) is 0 Å². The number of nitriles is 1. The van der Waals surface area contributed by atoms with E-state index in [2.05, 4.69) is 10.6 Å². The first kappa shape index (κ1) is 18.8. The molecule has 1 heterocycles. The highest BCUT2D eigenvalue weighted by Gasteiger charge is 2.40. The fraction of sp³-hybridized carbons (Fsp3) is 0.529. The molecule has 0 aliphatic carbocycles. The van der Waals surface area contributed by atoms with Crippen LogP contribution in [-0.2, 0) is 10.3 Å². The second-order valence-corrected chi connectivity index (χ2v) is 6.35. The van der Waals surface area contributed by atoms with Crippen LogP contribution in [0.15, 0.2) is 18.2 Å². The van der Waals surface area contributed by atoms with Crippen LogP contribution in [0, 0.1) is 21.4 Å². The van der Waals surface area contributed by atoms with Crippen LogP contribution in [0.3, 0.4) is 0 Å². The number of amides is 1. The highest BCUT2D eigenvalue weighted by atomic mass is 16.6. The van der Waals surface area contributed by atoms with Gasteiger partial charge in [0.25, 0.3) is 5.69 Å². The van der Waals surface area contributed by atoms with Crippen LogP contribution in [0.5, 0.6) is 0 Å². The lowest BCUT2D eigenvalue weighted by Gasteiger charge is -2.32. The Balaban J connectivity index is 2.33. The number of nitrogens with two attached hydrogens (primary N) is 1. The van der Waals surface area contributed by atoms with Crippen LogP contribution in [0.1, 0.15) is 43.7 Å². The monoisotopic (exact) mass is 345 g/mol. The maximum atomic E-state index is 12.5. The number of nitrogens with one attached hydrogen (secondary N) is 2. The van der Waals surface area contributed by atoms with Crippen molar-refractivity contribution in [1.29, 1.82) is 5.26 Å². The van der Waals surface area contributed by atoms with Crippen LogP contribution in [0.4, 0.5) is 5.69 Å². The van der Waals surface area contributed by atoms with Crippen molar-refractivity contribution < 1.29 is 9.72 Å². The lowest BCUT2D eigenvalue weighted by molar-refractivity contribution is -0.384. The number of benzene rings is 1. The van der Waals surface area contributed by atoms with Crippen molar-refractivity contribution in [3.8, 4) is 6.07 Å². The fourth-order valence-electron chi connectivity index (χ4n) is 3.14. The van der Waals surface area contributed by atoms with Crippen molar-refractivity contribution in [3.63, 3.8) is 0 Å². The molecular formula is C17H23N5O3. The summed E-state index contributed by atoms with van der Waals surface area (Å²) in [7, 11) is 0. The summed E-state index contributed by atoms with van der Waals surface area (Å²) in [6, 6.07) is 5.57. The Morgan fingerprint density at radius 2 is 2.36 bits per heavy atom. The van der Waals surface area contributed by atoms with Gasteiger partial charge in [0.2, 0.25) is 5.91 Å². The molecular weight excluding hydrogens is 322 g/mol. The van der Waals surface area contributed by atoms with E-state index in [1.807, 2.05) is 13.0 Å². The van der Waals surface area contributed by atoms with Crippen molar-refractivity contribution in [2.24, 2.45) is 5.73 Å². The number of unbranched alkanes of at least 4 members (excludes halogenated alkanes) is 1. The number of nitro groups is 1. The number of non-ortho nitro benzene ring substituents is 1. The molecule has 8 heteroatoms. The number of nitro benzene ring substituents is 1. The quantitative estimate of drug-likeness (QED) is 0.503. The van der Waals surface area contributed by atoms with Crippen molar-refractivity contribution in [2.45, 2.75) is 44.2 Å². The standard InChI is InChI=1S/C17H23N5O3/c1-2-3-4-15(19)16(23)21-17(7-8-20-11-17)14-6-5-13(22(24)25)9-12(14)10-18/h5-6,9,15,20H,2-4,7-8,11,19H2,1H3,(H,21,23)/t15-,17+/m0/s1. The number of hydrogen-bond acceptors (Lipinski definition) is 6. The van der Waals surface area contributed by atoms with Gasteiger partial charge in [0.15, 0.2) is 0 Å². The Hall–Kier alpha value is -2.50. The molecule has 1 saturated heterocycles. The minimum absolute atomic E-state index is 0.146. The van der Waals surface area contributed by atoms with Gasteiger partial charge in [0.05, 0.1) is 28.1 Å². The van der Waals surface area contributed by atoms with Gasteiger partial charge in [-0.15, -0.1) is 0 Å². The minimum Gasteiger partial charge on any atom is -0.344 e. The number of nitrogens with zero attached hydrogens (tertiary/aromatic N) is 2. The Morgan fingerprint density at radius 3 is 2.92 bits per heavy atom. The van der Waals surface area contributed by atoms with E-state index in [0.717, 1.165) is 12.8 Å². The Bertz CT molecular complexity index is 692. The smallest absolute Gasteiger partial charge is 0.270 e. The normalized spacial score (nSPS) is 20.7. The van der Waals surface area contributed by atoms with Crippen LogP contribution in [-0.4, -0.2) is 30.0 Å². The predicted octanol–water partition coefficient (Wildman–Crippen LogP) is 1.29. The van der Waals surface area contributed by atoms with E-state index in [-0.39, 0.29) is 17.2 Å². The van der Waals surface area contributed by atoms with Gasteiger partial charge in [0, 0.05) is 18.7 Å². The average molecular weight is 345 g/mol. The molecule has 0 unspecified atom stereocenters. The summed E-state index contributed by atoms with van der Waals surface area (Å²) in [5.74, 6) is -0.264. The van der Waals surface area contributed by atoms with Gasteiger partial charge in [-0.2, -0.15) is 5.26 Å². The SMILES string of the molecule is CCCC[C@H](N)C(=O)N[C@]1(c2ccc([N+](=O)[O-])cc2C#N)CCNC1. The molecule has 8 nitrogen and oxygen atoms in total. The summed E-state index contributed by atoms with van der Waals surface area (Å²) in [6.45, 7) is 3.15. The third kappa shape index (κ3) is 4.13. The van der Waals surface area contributed by atoms with E-state index in [1.165, 1.54) is 12.1 Å². The molecule has 1 aliphatic rings. The van der Waals surface area contributed by atoms with Crippen LogP contribution in [0.25, 0.3) is 0 Å². The molecule has 1 aromatic rings. The molecule has 25 heavy (non-hydrogen) atoms. The van der Waals surface area contributed by atoms with Crippen LogP contribution < -0.4 is 16.4 Å². The zero-order valence-electron chi connectivity index (χ0n) is 14.2. The van der Waals surface area contributed by atoms with Crippen molar-refractivity contribution in [3.05, 3.63) is 39.4 Å². The van der Waals surface area contributed by atoms with E-state index in [9.17, 15) is 20.2 Å². The Morgan fingerprint density at radius 1 is 1.60 bits per heavy atom. The molecule has 0 saturated carbocycles. The maximum Gasteiger partial charge on any atom is 0.270 e. The van der Waals surface area contributed by atoms with Crippen molar-refractivity contribution in [1.82, 2.24) is 10.6 Å². The number of carbonyl (C=O) groups is 1. The van der Waals surface area contributed by atoms with Gasteiger partial charge in [-0.1, -0.05) is 19.8 Å². The largest absolute Gasteiger partial charge is 0.344 e. The molecule has 2 atom stereocenters. The van der Waals surface area contributed by atoms with E-state index in [4.69, 9.17) is 5.73 Å². The van der Waals surface area contributed by atoms with E-state index in [1.54, 1.807) is 6.07 Å². The molecule has 1 aliphatic heterocycles. The summed E-state index contributed by atoms with van der Waals surface area (Å²) in [4.78, 5) is 22.9. The summed E-state index contributed by atoms with van der Waals surface area (Å²) >= 11 is 0. The molecule has 1 amide bonds.